The van der Waals surface area contributed by atoms with Gasteiger partial charge in [-0.3, -0.25) is 4.98 Å². The third-order valence-electron chi connectivity index (χ3n) is 5.20. The molecule has 0 radical (unpaired) electrons. The van der Waals surface area contributed by atoms with Crippen LogP contribution < -0.4 is 9.47 Å². The molecule has 0 unspecified atom stereocenters. The monoisotopic (exact) mass is 434 g/mol. The minimum absolute atomic E-state index is 0.487. The smallest absolute Gasteiger partial charge is 0.181 e. The molecule has 2 aromatic carbocycles. The van der Waals surface area contributed by atoms with Crippen molar-refractivity contribution in [1.82, 2.24) is 19.9 Å². The van der Waals surface area contributed by atoms with Crippen LogP contribution in [0.5, 0.6) is 17.2 Å². The molecular weight excluding hydrogens is 412 g/mol. The van der Waals surface area contributed by atoms with E-state index in [0.717, 1.165) is 34.3 Å². The van der Waals surface area contributed by atoms with Gasteiger partial charge in [0.05, 0.1) is 5.52 Å². The van der Waals surface area contributed by atoms with Crippen LogP contribution in [0, 0.1) is 0 Å². The van der Waals surface area contributed by atoms with Gasteiger partial charge in [0.1, 0.15) is 18.1 Å². The summed E-state index contributed by atoms with van der Waals surface area (Å²) in [5.74, 6) is 2.51. The Morgan fingerprint density at radius 1 is 0.758 bits per heavy atom. The zero-order valence-corrected chi connectivity index (χ0v) is 18.2. The van der Waals surface area contributed by atoms with Crippen molar-refractivity contribution in [1.29, 1.82) is 0 Å². The topological polar surface area (TPSA) is 70.0 Å². The lowest BCUT2D eigenvalue weighted by atomic mass is 10.2. The average molecular weight is 434 g/mol. The normalized spacial score (nSPS) is 10.8. The van der Waals surface area contributed by atoms with Crippen molar-refractivity contribution in [3.05, 3.63) is 103 Å². The van der Waals surface area contributed by atoms with E-state index in [0.29, 0.717) is 29.6 Å². The standard InChI is InChI=1S/C27H22N4O2/c1-2-20-9-12-25(26(31-20)27-29-14-6-15-30-27)33-24-13-16-28-23-11-10-21(17-22(23)24)32-18-19-7-4-3-5-8-19/h3-17H,2,18H2,1H3. The van der Waals surface area contributed by atoms with Crippen LogP contribution in [0.1, 0.15) is 18.2 Å². The van der Waals surface area contributed by atoms with E-state index in [2.05, 4.69) is 21.9 Å². The van der Waals surface area contributed by atoms with Gasteiger partial charge in [0.15, 0.2) is 17.3 Å². The first-order valence-corrected chi connectivity index (χ1v) is 10.8. The molecule has 33 heavy (non-hydrogen) atoms. The molecule has 162 valence electrons. The van der Waals surface area contributed by atoms with Gasteiger partial charge in [0, 0.05) is 29.7 Å². The van der Waals surface area contributed by atoms with Crippen LogP contribution in [0.2, 0.25) is 0 Å². The summed E-state index contributed by atoms with van der Waals surface area (Å²) < 4.78 is 12.4. The second kappa shape index (κ2) is 9.44. The average Bonchev–Trinajstić information content (AvgIpc) is 2.89. The lowest BCUT2D eigenvalue weighted by Gasteiger charge is -2.13. The van der Waals surface area contributed by atoms with Gasteiger partial charge in [0.2, 0.25) is 0 Å². The molecule has 5 aromatic rings. The van der Waals surface area contributed by atoms with E-state index in [1.807, 2.05) is 66.7 Å². The molecule has 5 rings (SSSR count). The van der Waals surface area contributed by atoms with Crippen molar-refractivity contribution in [2.45, 2.75) is 20.0 Å². The highest BCUT2D eigenvalue weighted by Gasteiger charge is 2.15. The maximum Gasteiger partial charge on any atom is 0.181 e. The molecule has 3 heterocycles. The molecule has 6 nitrogen and oxygen atoms in total. The number of benzene rings is 2. The maximum absolute atomic E-state index is 6.36. The number of pyridine rings is 2. The summed E-state index contributed by atoms with van der Waals surface area (Å²) in [6.07, 6.45) is 5.93. The van der Waals surface area contributed by atoms with Crippen LogP contribution in [0.4, 0.5) is 0 Å². The van der Waals surface area contributed by atoms with E-state index >= 15 is 0 Å². The maximum atomic E-state index is 6.36. The van der Waals surface area contributed by atoms with Crippen LogP contribution in [-0.4, -0.2) is 19.9 Å². The number of hydrogen-bond donors (Lipinski definition) is 0. The van der Waals surface area contributed by atoms with Crippen LogP contribution in [0.3, 0.4) is 0 Å². The van der Waals surface area contributed by atoms with Crippen LogP contribution in [0.25, 0.3) is 22.4 Å². The fourth-order valence-electron chi connectivity index (χ4n) is 3.49. The van der Waals surface area contributed by atoms with Gasteiger partial charge >= 0.3 is 0 Å². The summed E-state index contributed by atoms with van der Waals surface area (Å²) in [4.78, 5) is 17.9. The minimum Gasteiger partial charge on any atom is -0.489 e. The van der Waals surface area contributed by atoms with E-state index in [1.54, 1.807) is 24.7 Å². The van der Waals surface area contributed by atoms with Crippen molar-refractivity contribution in [2.75, 3.05) is 0 Å². The summed E-state index contributed by atoms with van der Waals surface area (Å²) in [6, 6.07) is 23.4. The molecule has 6 heteroatoms. The summed E-state index contributed by atoms with van der Waals surface area (Å²) >= 11 is 0. The molecule has 0 aliphatic rings. The van der Waals surface area contributed by atoms with Crippen LogP contribution >= 0.6 is 0 Å². The Kier molecular flexibility index (Phi) is 5.89. The molecular formula is C27H22N4O2. The number of hydrogen-bond acceptors (Lipinski definition) is 6. The van der Waals surface area contributed by atoms with E-state index < -0.39 is 0 Å². The predicted octanol–water partition coefficient (Wildman–Crippen LogP) is 6.02. The van der Waals surface area contributed by atoms with E-state index in [9.17, 15) is 0 Å². The first-order valence-electron chi connectivity index (χ1n) is 10.8. The molecule has 0 atom stereocenters. The Morgan fingerprint density at radius 3 is 2.42 bits per heavy atom. The third kappa shape index (κ3) is 4.65. The zero-order valence-electron chi connectivity index (χ0n) is 18.2. The fraction of sp³-hybridized carbons (Fsp3) is 0.111. The van der Waals surface area contributed by atoms with Crippen molar-refractivity contribution in [3.8, 4) is 28.8 Å². The molecule has 0 N–H and O–H groups in total. The second-order valence-electron chi connectivity index (χ2n) is 7.44. The fourth-order valence-corrected chi connectivity index (χ4v) is 3.49. The van der Waals surface area contributed by atoms with Crippen LogP contribution in [0.15, 0.2) is 91.4 Å². The Morgan fingerprint density at radius 2 is 1.61 bits per heavy atom. The molecule has 0 saturated carbocycles. The van der Waals surface area contributed by atoms with E-state index in [1.165, 1.54) is 0 Å². The van der Waals surface area contributed by atoms with Gasteiger partial charge in [-0.2, -0.15) is 0 Å². The quantitative estimate of drug-likeness (QED) is 0.312. The lowest BCUT2D eigenvalue weighted by molar-refractivity contribution is 0.306. The van der Waals surface area contributed by atoms with Crippen molar-refractivity contribution in [2.24, 2.45) is 0 Å². The lowest BCUT2D eigenvalue weighted by Crippen LogP contribution is -1.99. The third-order valence-corrected chi connectivity index (χ3v) is 5.20. The molecule has 0 aliphatic carbocycles. The Hall–Kier alpha value is -4.32. The molecule has 3 aromatic heterocycles. The Labute approximate surface area is 191 Å². The van der Waals surface area contributed by atoms with Gasteiger partial charge in [-0.25, -0.2) is 15.0 Å². The predicted molar refractivity (Wildman–Crippen MR) is 127 cm³/mol. The molecule has 0 bridgehead atoms. The number of nitrogens with zero attached hydrogens (tertiary/aromatic N) is 4. The highest BCUT2D eigenvalue weighted by molar-refractivity contribution is 5.86. The van der Waals surface area contributed by atoms with Crippen molar-refractivity contribution in [3.63, 3.8) is 0 Å². The number of fused-ring (bicyclic) bond motifs is 1. The highest BCUT2D eigenvalue weighted by atomic mass is 16.5. The Bertz CT molecular complexity index is 1380. The van der Waals surface area contributed by atoms with Crippen molar-refractivity contribution < 1.29 is 9.47 Å². The number of aryl methyl sites for hydroxylation is 1. The van der Waals surface area contributed by atoms with Gasteiger partial charge in [-0.05, 0) is 54.4 Å². The number of aromatic nitrogens is 4. The summed E-state index contributed by atoms with van der Waals surface area (Å²) in [5.41, 5.74) is 3.47. The number of ether oxygens (including phenoxy) is 2. The van der Waals surface area contributed by atoms with Gasteiger partial charge in [-0.1, -0.05) is 37.3 Å². The van der Waals surface area contributed by atoms with Gasteiger partial charge in [-0.15, -0.1) is 0 Å². The summed E-state index contributed by atoms with van der Waals surface area (Å²) in [7, 11) is 0. The minimum atomic E-state index is 0.487. The SMILES string of the molecule is CCc1ccc(Oc2ccnc3ccc(OCc4ccccc4)cc23)c(-c2ncccn2)n1. The molecule has 0 amide bonds. The van der Waals surface area contributed by atoms with E-state index in [4.69, 9.17) is 14.5 Å². The zero-order chi connectivity index (χ0) is 22.5. The largest absolute Gasteiger partial charge is 0.489 e. The molecule has 0 aliphatic heterocycles. The van der Waals surface area contributed by atoms with Gasteiger partial charge < -0.3 is 9.47 Å². The summed E-state index contributed by atoms with van der Waals surface area (Å²) in [6.45, 7) is 2.55. The molecule has 0 spiro atoms. The first kappa shape index (κ1) is 20.6. The van der Waals surface area contributed by atoms with Crippen molar-refractivity contribution >= 4 is 10.9 Å². The number of rotatable bonds is 7. The molecule has 0 saturated heterocycles. The summed E-state index contributed by atoms with van der Waals surface area (Å²) in [5, 5.41) is 0.850. The van der Waals surface area contributed by atoms with E-state index in [-0.39, 0.29) is 0 Å². The first-order chi connectivity index (χ1) is 16.3. The van der Waals surface area contributed by atoms with Gasteiger partial charge in [0.25, 0.3) is 0 Å². The highest BCUT2D eigenvalue weighted by Crippen LogP contribution is 2.35. The van der Waals surface area contributed by atoms with Crippen LogP contribution in [-0.2, 0) is 13.0 Å². The Balaban J connectivity index is 1.49. The molecule has 0 fully saturated rings. The second-order valence-corrected chi connectivity index (χ2v) is 7.44.